The van der Waals surface area contributed by atoms with Crippen molar-refractivity contribution in [2.45, 2.75) is 31.7 Å². The zero-order valence-corrected chi connectivity index (χ0v) is 16.9. The SMILES string of the molecule is COc1ccccc1C(CNC(=O)CCc1nc2ccccc2[nH]1)N1CCCC1. The van der Waals surface area contributed by atoms with Gasteiger partial charge in [0.2, 0.25) is 5.91 Å². The van der Waals surface area contributed by atoms with Gasteiger partial charge in [0.1, 0.15) is 11.6 Å². The highest BCUT2D eigenvalue weighted by molar-refractivity contribution is 5.77. The van der Waals surface area contributed by atoms with Gasteiger partial charge in [0.05, 0.1) is 24.2 Å². The van der Waals surface area contributed by atoms with Crippen LogP contribution in [0.1, 0.15) is 36.7 Å². The number of para-hydroxylation sites is 3. The highest BCUT2D eigenvalue weighted by Crippen LogP contribution is 2.31. The van der Waals surface area contributed by atoms with Gasteiger partial charge in [-0.15, -0.1) is 0 Å². The number of aromatic amines is 1. The number of carbonyl (C=O) groups excluding carboxylic acids is 1. The Morgan fingerprint density at radius 3 is 2.72 bits per heavy atom. The molecule has 6 nitrogen and oxygen atoms in total. The number of hydrogen-bond acceptors (Lipinski definition) is 4. The van der Waals surface area contributed by atoms with E-state index in [1.54, 1.807) is 7.11 Å². The zero-order chi connectivity index (χ0) is 20.1. The number of fused-ring (bicyclic) bond motifs is 1. The summed E-state index contributed by atoms with van der Waals surface area (Å²) in [5.74, 6) is 1.77. The van der Waals surface area contributed by atoms with E-state index in [2.05, 4.69) is 26.3 Å². The molecule has 0 aliphatic carbocycles. The summed E-state index contributed by atoms with van der Waals surface area (Å²) in [6.45, 7) is 2.69. The molecule has 1 saturated heterocycles. The second-order valence-electron chi connectivity index (χ2n) is 7.51. The van der Waals surface area contributed by atoms with Crippen molar-refractivity contribution in [3.05, 3.63) is 59.9 Å². The molecule has 0 spiro atoms. The molecule has 29 heavy (non-hydrogen) atoms. The van der Waals surface area contributed by atoms with Crippen molar-refractivity contribution in [1.82, 2.24) is 20.2 Å². The average molecular weight is 393 g/mol. The number of nitrogens with one attached hydrogen (secondary N) is 2. The van der Waals surface area contributed by atoms with Crippen LogP contribution in [0.3, 0.4) is 0 Å². The predicted octanol–water partition coefficient (Wildman–Crippen LogP) is 3.46. The second kappa shape index (κ2) is 9.09. The van der Waals surface area contributed by atoms with E-state index in [0.717, 1.165) is 41.3 Å². The van der Waals surface area contributed by atoms with Crippen molar-refractivity contribution in [3.8, 4) is 5.75 Å². The van der Waals surface area contributed by atoms with Crippen molar-refractivity contribution in [3.63, 3.8) is 0 Å². The van der Waals surface area contributed by atoms with Crippen molar-refractivity contribution >= 4 is 16.9 Å². The van der Waals surface area contributed by atoms with Crippen molar-refractivity contribution < 1.29 is 9.53 Å². The number of aromatic nitrogens is 2. The molecule has 1 fully saturated rings. The van der Waals surface area contributed by atoms with Gasteiger partial charge in [-0.1, -0.05) is 30.3 Å². The molecule has 0 radical (unpaired) electrons. The molecule has 2 aromatic carbocycles. The number of carbonyl (C=O) groups is 1. The van der Waals surface area contributed by atoms with Crippen LogP contribution in [0, 0.1) is 0 Å². The van der Waals surface area contributed by atoms with Gasteiger partial charge in [0.25, 0.3) is 0 Å². The Labute approximate surface area is 171 Å². The van der Waals surface area contributed by atoms with Gasteiger partial charge in [-0.25, -0.2) is 4.98 Å². The molecular weight excluding hydrogens is 364 g/mol. The van der Waals surface area contributed by atoms with Gasteiger partial charge < -0.3 is 15.0 Å². The molecule has 1 aliphatic rings. The van der Waals surface area contributed by atoms with Gasteiger partial charge in [-0.3, -0.25) is 9.69 Å². The van der Waals surface area contributed by atoms with E-state index in [9.17, 15) is 4.79 Å². The minimum atomic E-state index is 0.0459. The van der Waals surface area contributed by atoms with Crippen LogP contribution in [0.4, 0.5) is 0 Å². The van der Waals surface area contributed by atoms with E-state index in [1.165, 1.54) is 12.8 Å². The first-order valence-electron chi connectivity index (χ1n) is 10.3. The smallest absolute Gasteiger partial charge is 0.220 e. The van der Waals surface area contributed by atoms with Gasteiger partial charge >= 0.3 is 0 Å². The Hall–Kier alpha value is -2.86. The molecule has 6 heteroatoms. The summed E-state index contributed by atoms with van der Waals surface area (Å²) in [5, 5.41) is 3.14. The van der Waals surface area contributed by atoms with E-state index in [0.29, 0.717) is 19.4 Å². The Balaban J connectivity index is 1.38. The molecule has 0 bridgehead atoms. The molecule has 1 atom stereocenters. The third kappa shape index (κ3) is 4.59. The third-order valence-electron chi connectivity index (χ3n) is 5.60. The molecule has 2 heterocycles. The fourth-order valence-corrected chi connectivity index (χ4v) is 4.09. The molecule has 2 N–H and O–H groups in total. The van der Waals surface area contributed by atoms with Crippen LogP contribution in [0.25, 0.3) is 11.0 Å². The quantitative estimate of drug-likeness (QED) is 0.616. The lowest BCUT2D eigenvalue weighted by Crippen LogP contribution is -2.37. The monoisotopic (exact) mass is 392 g/mol. The lowest BCUT2D eigenvalue weighted by molar-refractivity contribution is -0.121. The number of amides is 1. The highest BCUT2D eigenvalue weighted by atomic mass is 16.5. The second-order valence-corrected chi connectivity index (χ2v) is 7.51. The summed E-state index contributed by atoms with van der Waals surface area (Å²) in [4.78, 5) is 22.8. The number of benzene rings is 2. The van der Waals surface area contributed by atoms with E-state index >= 15 is 0 Å². The molecule has 1 aliphatic heterocycles. The lowest BCUT2D eigenvalue weighted by Gasteiger charge is -2.29. The molecule has 4 rings (SSSR count). The Morgan fingerprint density at radius 1 is 1.17 bits per heavy atom. The third-order valence-corrected chi connectivity index (χ3v) is 5.60. The zero-order valence-electron chi connectivity index (χ0n) is 16.9. The maximum atomic E-state index is 12.5. The molecule has 3 aromatic rings. The Kier molecular flexibility index (Phi) is 6.10. The van der Waals surface area contributed by atoms with Gasteiger partial charge in [-0.2, -0.15) is 0 Å². The topological polar surface area (TPSA) is 70.2 Å². The number of likely N-dealkylation sites (tertiary alicyclic amines) is 1. The number of rotatable bonds is 8. The molecule has 152 valence electrons. The van der Waals surface area contributed by atoms with Crippen LogP contribution in [0.15, 0.2) is 48.5 Å². The summed E-state index contributed by atoms with van der Waals surface area (Å²) in [6, 6.07) is 16.2. The average Bonchev–Trinajstić information content (AvgIpc) is 3.42. The number of H-pyrrole nitrogens is 1. The lowest BCUT2D eigenvalue weighted by atomic mass is 10.0. The number of imidazole rings is 1. The van der Waals surface area contributed by atoms with Crippen LogP contribution >= 0.6 is 0 Å². The molecular formula is C23H28N4O2. The highest BCUT2D eigenvalue weighted by Gasteiger charge is 2.26. The minimum Gasteiger partial charge on any atom is -0.496 e. The Bertz CT molecular complexity index is 929. The molecule has 1 aromatic heterocycles. The summed E-state index contributed by atoms with van der Waals surface area (Å²) >= 11 is 0. The first-order valence-corrected chi connectivity index (χ1v) is 10.3. The number of aryl methyl sites for hydroxylation is 1. The number of nitrogens with zero attached hydrogens (tertiary/aromatic N) is 2. The van der Waals surface area contributed by atoms with E-state index in [-0.39, 0.29) is 11.9 Å². The van der Waals surface area contributed by atoms with E-state index < -0.39 is 0 Å². The van der Waals surface area contributed by atoms with Crippen molar-refractivity contribution in [2.75, 3.05) is 26.7 Å². The van der Waals surface area contributed by atoms with Crippen molar-refractivity contribution in [1.29, 1.82) is 0 Å². The van der Waals surface area contributed by atoms with Gasteiger partial charge in [-0.05, 0) is 44.1 Å². The summed E-state index contributed by atoms with van der Waals surface area (Å²) in [7, 11) is 1.70. The maximum Gasteiger partial charge on any atom is 0.220 e. The number of ether oxygens (including phenoxy) is 1. The van der Waals surface area contributed by atoms with Crippen LogP contribution in [0.2, 0.25) is 0 Å². The van der Waals surface area contributed by atoms with Gasteiger partial charge in [0.15, 0.2) is 0 Å². The Morgan fingerprint density at radius 2 is 1.93 bits per heavy atom. The summed E-state index contributed by atoms with van der Waals surface area (Å²) in [6.07, 6.45) is 3.42. The first kappa shape index (κ1) is 19.5. The summed E-state index contributed by atoms with van der Waals surface area (Å²) in [5.41, 5.74) is 3.08. The fourth-order valence-electron chi connectivity index (χ4n) is 4.09. The first-order chi connectivity index (χ1) is 14.2. The van der Waals surface area contributed by atoms with Crippen LogP contribution < -0.4 is 10.1 Å². The number of hydrogen-bond donors (Lipinski definition) is 2. The molecule has 0 saturated carbocycles. The van der Waals surface area contributed by atoms with Crippen molar-refractivity contribution in [2.24, 2.45) is 0 Å². The van der Waals surface area contributed by atoms with Crippen LogP contribution in [-0.2, 0) is 11.2 Å². The van der Waals surface area contributed by atoms with E-state index in [1.807, 2.05) is 42.5 Å². The molecule has 1 unspecified atom stereocenters. The standard InChI is InChI=1S/C23H28N4O2/c1-29-21-11-5-2-8-17(21)20(27-14-6-7-15-27)16-24-23(28)13-12-22-25-18-9-3-4-10-19(18)26-22/h2-5,8-11,20H,6-7,12-16H2,1H3,(H,24,28)(H,25,26). The maximum absolute atomic E-state index is 12.5. The minimum absolute atomic E-state index is 0.0459. The normalized spacial score (nSPS) is 15.5. The van der Waals surface area contributed by atoms with Crippen LogP contribution in [0.5, 0.6) is 5.75 Å². The summed E-state index contributed by atoms with van der Waals surface area (Å²) < 4.78 is 5.58. The van der Waals surface area contributed by atoms with Gasteiger partial charge in [0, 0.05) is 24.9 Å². The fraction of sp³-hybridized carbons (Fsp3) is 0.391. The largest absolute Gasteiger partial charge is 0.496 e. The van der Waals surface area contributed by atoms with E-state index in [4.69, 9.17) is 4.74 Å². The molecule has 1 amide bonds. The number of methoxy groups -OCH3 is 1. The van der Waals surface area contributed by atoms with Crippen LogP contribution in [-0.4, -0.2) is 47.5 Å². The predicted molar refractivity (Wildman–Crippen MR) is 114 cm³/mol.